The Balaban J connectivity index is 1.68. The molecule has 1 aromatic heterocycles. The molecule has 1 aromatic carbocycles. The molecule has 0 aliphatic heterocycles. The first-order chi connectivity index (χ1) is 10.0. The molecule has 5 heteroatoms. The van der Waals surface area contributed by atoms with Crippen molar-refractivity contribution in [2.75, 3.05) is 5.32 Å². The van der Waals surface area contributed by atoms with Crippen LogP contribution in [0.4, 0.5) is 5.69 Å². The Hall–Kier alpha value is -1.88. The van der Waals surface area contributed by atoms with Crippen molar-refractivity contribution in [3.05, 3.63) is 63.0 Å². The number of anilines is 1. The molecule has 0 saturated heterocycles. The summed E-state index contributed by atoms with van der Waals surface area (Å²) < 4.78 is 2.48. The van der Waals surface area contributed by atoms with Gasteiger partial charge in [-0.1, -0.05) is 28.1 Å². The number of nitrogens with one attached hydrogen (secondary N) is 1. The zero-order valence-corrected chi connectivity index (χ0v) is 13.1. The second kappa shape index (κ2) is 5.48. The number of aryl methyl sites for hydroxylation is 1. The number of amides is 1. The van der Waals surface area contributed by atoms with Crippen molar-refractivity contribution in [1.29, 1.82) is 0 Å². The summed E-state index contributed by atoms with van der Waals surface area (Å²) >= 11 is 3.45. The highest BCUT2D eigenvalue weighted by Crippen LogP contribution is 2.48. The van der Waals surface area contributed by atoms with Gasteiger partial charge in [0.2, 0.25) is 11.5 Å². The molecule has 2 aromatic rings. The van der Waals surface area contributed by atoms with Gasteiger partial charge in [-0.2, -0.15) is 0 Å². The highest BCUT2D eigenvalue weighted by atomic mass is 79.9. The number of aromatic nitrogens is 1. The van der Waals surface area contributed by atoms with Gasteiger partial charge in [-0.3, -0.25) is 9.59 Å². The molecule has 4 nitrogen and oxygen atoms in total. The molecular formula is C16H15BrN2O2. The van der Waals surface area contributed by atoms with Crippen LogP contribution in [0.3, 0.4) is 0 Å². The van der Waals surface area contributed by atoms with Crippen LogP contribution in [0.1, 0.15) is 17.9 Å². The Morgan fingerprint density at radius 1 is 1.33 bits per heavy atom. The number of nitrogens with zero attached hydrogens (tertiary/aromatic N) is 1. The summed E-state index contributed by atoms with van der Waals surface area (Å²) in [7, 11) is 1.67. The van der Waals surface area contributed by atoms with Crippen molar-refractivity contribution in [2.24, 2.45) is 13.0 Å². The van der Waals surface area contributed by atoms with E-state index in [1.807, 2.05) is 12.1 Å². The molecule has 0 radical (unpaired) electrons. The molecule has 0 bridgehead atoms. The van der Waals surface area contributed by atoms with Gasteiger partial charge in [-0.05, 0) is 36.1 Å². The van der Waals surface area contributed by atoms with E-state index in [4.69, 9.17) is 0 Å². The Morgan fingerprint density at radius 3 is 2.86 bits per heavy atom. The number of rotatable bonds is 3. The van der Waals surface area contributed by atoms with Crippen LogP contribution in [0.25, 0.3) is 0 Å². The molecule has 1 N–H and O–H groups in total. The zero-order chi connectivity index (χ0) is 15.0. The molecular weight excluding hydrogens is 332 g/mol. The Bertz CT molecular complexity index is 754. The van der Waals surface area contributed by atoms with Gasteiger partial charge >= 0.3 is 0 Å². The van der Waals surface area contributed by atoms with Crippen molar-refractivity contribution in [3.8, 4) is 0 Å². The van der Waals surface area contributed by atoms with Crippen LogP contribution in [0.2, 0.25) is 0 Å². The zero-order valence-electron chi connectivity index (χ0n) is 11.5. The number of hydrogen-bond acceptors (Lipinski definition) is 2. The average Bonchev–Trinajstić information content (AvgIpc) is 3.23. The van der Waals surface area contributed by atoms with Crippen LogP contribution in [0.5, 0.6) is 0 Å². The lowest BCUT2D eigenvalue weighted by Gasteiger charge is -2.06. The number of carbonyl (C=O) groups is 1. The first kappa shape index (κ1) is 14.1. The molecule has 108 valence electrons. The maximum Gasteiger partial charge on any atom is 0.250 e. The fourth-order valence-electron chi connectivity index (χ4n) is 2.49. The molecule has 1 aliphatic carbocycles. The fraction of sp³-hybridized carbons (Fsp3) is 0.250. The molecule has 1 heterocycles. The molecule has 0 spiro atoms. The highest BCUT2D eigenvalue weighted by molar-refractivity contribution is 9.10. The van der Waals surface area contributed by atoms with E-state index >= 15 is 0 Å². The van der Waals surface area contributed by atoms with Gasteiger partial charge < -0.3 is 9.88 Å². The third-order valence-electron chi connectivity index (χ3n) is 3.76. The smallest absolute Gasteiger partial charge is 0.250 e. The van der Waals surface area contributed by atoms with E-state index in [1.54, 1.807) is 19.3 Å². The highest BCUT2D eigenvalue weighted by Gasteiger charge is 2.43. The van der Waals surface area contributed by atoms with Gasteiger partial charge in [-0.25, -0.2) is 0 Å². The maximum atomic E-state index is 12.2. The molecule has 1 aliphatic rings. The first-order valence-corrected chi connectivity index (χ1v) is 7.57. The second-order valence-corrected chi connectivity index (χ2v) is 6.28. The van der Waals surface area contributed by atoms with E-state index in [-0.39, 0.29) is 23.3 Å². The SMILES string of the molecule is Cn1cc(NC(=O)[C@H]2C[C@H]2c2cccc(Br)c2)ccc1=O. The summed E-state index contributed by atoms with van der Waals surface area (Å²) in [5.74, 6) is 0.310. The maximum absolute atomic E-state index is 12.2. The van der Waals surface area contributed by atoms with Crippen LogP contribution in [-0.2, 0) is 11.8 Å². The summed E-state index contributed by atoms with van der Waals surface area (Å²) in [6.45, 7) is 0. The molecule has 1 amide bonds. The van der Waals surface area contributed by atoms with Crippen molar-refractivity contribution in [1.82, 2.24) is 4.57 Å². The molecule has 0 unspecified atom stereocenters. The Kier molecular flexibility index (Phi) is 3.68. The monoisotopic (exact) mass is 346 g/mol. The predicted molar refractivity (Wildman–Crippen MR) is 85.3 cm³/mol. The minimum Gasteiger partial charge on any atom is -0.325 e. The number of pyridine rings is 1. The van der Waals surface area contributed by atoms with Gasteiger partial charge in [0, 0.05) is 29.7 Å². The van der Waals surface area contributed by atoms with Crippen molar-refractivity contribution >= 4 is 27.5 Å². The van der Waals surface area contributed by atoms with Crippen LogP contribution in [-0.4, -0.2) is 10.5 Å². The van der Waals surface area contributed by atoms with Gasteiger partial charge in [0.15, 0.2) is 0 Å². The van der Waals surface area contributed by atoms with Crippen molar-refractivity contribution < 1.29 is 4.79 Å². The standard InChI is InChI=1S/C16H15BrN2O2/c1-19-9-12(5-6-15(19)20)18-16(21)14-8-13(14)10-3-2-4-11(17)7-10/h2-7,9,13-14H,8H2,1H3,(H,18,21)/t13-,14-/m0/s1. The van der Waals surface area contributed by atoms with E-state index in [2.05, 4.69) is 33.4 Å². The summed E-state index contributed by atoms with van der Waals surface area (Å²) in [6.07, 6.45) is 2.50. The van der Waals surface area contributed by atoms with Gasteiger partial charge in [0.05, 0.1) is 5.69 Å². The molecule has 3 rings (SSSR count). The largest absolute Gasteiger partial charge is 0.325 e. The minimum atomic E-state index is -0.0913. The first-order valence-electron chi connectivity index (χ1n) is 6.77. The number of hydrogen-bond donors (Lipinski definition) is 1. The number of halogens is 1. The van der Waals surface area contributed by atoms with E-state index in [1.165, 1.54) is 16.2 Å². The average molecular weight is 347 g/mol. The summed E-state index contributed by atoms with van der Waals surface area (Å²) in [6, 6.07) is 11.2. The van der Waals surface area contributed by atoms with Gasteiger partial charge in [0.25, 0.3) is 0 Å². The van der Waals surface area contributed by atoms with Crippen LogP contribution in [0.15, 0.2) is 51.9 Å². The lowest BCUT2D eigenvalue weighted by Crippen LogP contribution is -2.19. The molecule has 1 fully saturated rings. The van der Waals surface area contributed by atoms with Crippen LogP contribution < -0.4 is 10.9 Å². The fourth-order valence-corrected chi connectivity index (χ4v) is 2.91. The molecule has 21 heavy (non-hydrogen) atoms. The summed E-state index contributed by atoms with van der Waals surface area (Å²) in [4.78, 5) is 23.5. The van der Waals surface area contributed by atoms with Crippen LogP contribution >= 0.6 is 15.9 Å². The summed E-state index contributed by atoms with van der Waals surface area (Å²) in [5, 5.41) is 2.88. The van der Waals surface area contributed by atoms with E-state index in [0.29, 0.717) is 5.69 Å². The third kappa shape index (κ3) is 3.08. The second-order valence-electron chi connectivity index (χ2n) is 5.36. The molecule has 2 atom stereocenters. The van der Waals surface area contributed by atoms with Crippen molar-refractivity contribution in [2.45, 2.75) is 12.3 Å². The topological polar surface area (TPSA) is 51.1 Å². The number of benzene rings is 1. The van der Waals surface area contributed by atoms with E-state index < -0.39 is 0 Å². The lowest BCUT2D eigenvalue weighted by atomic mass is 10.1. The summed E-state index contributed by atoms with van der Waals surface area (Å²) in [5.41, 5.74) is 1.75. The lowest BCUT2D eigenvalue weighted by molar-refractivity contribution is -0.117. The minimum absolute atomic E-state index is 0.0107. The Morgan fingerprint density at radius 2 is 2.14 bits per heavy atom. The molecule has 1 saturated carbocycles. The quantitative estimate of drug-likeness (QED) is 0.928. The van der Waals surface area contributed by atoms with E-state index in [0.717, 1.165) is 10.9 Å². The van der Waals surface area contributed by atoms with Crippen LogP contribution in [0, 0.1) is 5.92 Å². The van der Waals surface area contributed by atoms with Crippen molar-refractivity contribution in [3.63, 3.8) is 0 Å². The Labute approximate surface area is 130 Å². The van der Waals surface area contributed by atoms with Gasteiger partial charge in [-0.15, -0.1) is 0 Å². The normalized spacial score (nSPS) is 20.1. The van der Waals surface area contributed by atoms with Gasteiger partial charge in [0.1, 0.15) is 0 Å². The third-order valence-corrected chi connectivity index (χ3v) is 4.25. The van der Waals surface area contributed by atoms with E-state index in [9.17, 15) is 9.59 Å². The number of carbonyl (C=O) groups excluding carboxylic acids is 1. The predicted octanol–water partition coefficient (Wildman–Crippen LogP) is 2.89.